The first-order chi connectivity index (χ1) is 12.5. The zero-order valence-corrected chi connectivity index (χ0v) is 13.8. The van der Waals surface area contributed by atoms with E-state index >= 15 is 0 Å². The minimum atomic E-state index is -0.416. The largest absolute Gasteiger partial charge is 0.382 e. The van der Waals surface area contributed by atoms with Crippen LogP contribution in [0.15, 0.2) is 54.7 Å². The normalized spacial score (nSPS) is 11.0. The van der Waals surface area contributed by atoms with E-state index in [0.717, 1.165) is 0 Å². The van der Waals surface area contributed by atoms with Crippen molar-refractivity contribution in [1.29, 1.82) is 0 Å². The second kappa shape index (κ2) is 5.99. The molecule has 26 heavy (non-hydrogen) atoms. The highest BCUT2D eigenvalue weighted by Crippen LogP contribution is 2.22. The van der Waals surface area contributed by atoms with Crippen molar-refractivity contribution >= 4 is 23.1 Å². The molecular formula is C18H15FN6O. The van der Waals surface area contributed by atoms with E-state index in [2.05, 4.69) is 15.5 Å². The number of amides is 1. The van der Waals surface area contributed by atoms with Gasteiger partial charge in [0.05, 0.1) is 16.9 Å². The molecule has 1 aromatic carbocycles. The summed E-state index contributed by atoms with van der Waals surface area (Å²) < 4.78 is 16.6. The van der Waals surface area contributed by atoms with Crippen molar-refractivity contribution in [3.8, 4) is 5.69 Å². The molecule has 3 heterocycles. The first-order valence-electron chi connectivity index (χ1n) is 7.90. The number of nitrogens with one attached hydrogen (secondary N) is 1. The maximum Gasteiger partial charge on any atom is 0.262 e. The molecule has 130 valence electrons. The smallest absolute Gasteiger partial charge is 0.262 e. The molecule has 0 bridgehead atoms. The quantitative estimate of drug-likeness (QED) is 0.594. The number of anilines is 2. The lowest BCUT2D eigenvalue weighted by Crippen LogP contribution is -2.16. The second-order valence-electron chi connectivity index (χ2n) is 5.81. The molecule has 0 aliphatic heterocycles. The van der Waals surface area contributed by atoms with Gasteiger partial charge in [-0.05, 0) is 37.3 Å². The third-order valence-electron chi connectivity index (χ3n) is 3.92. The maximum absolute atomic E-state index is 13.5. The Morgan fingerprint density at radius 2 is 2.00 bits per heavy atom. The Morgan fingerprint density at radius 1 is 1.15 bits per heavy atom. The van der Waals surface area contributed by atoms with Crippen LogP contribution in [0, 0.1) is 12.7 Å². The minimum absolute atomic E-state index is 0.127. The van der Waals surface area contributed by atoms with Gasteiger partial charge in [0.2, 0.25) is 0 Å². The Balaban J connectivity index is 1.74. The summed E-state index contributed by atoms with van der Waals surface area (Å²) in [6.45, 7) is 1.79. The monoisotopic (exact) mass is 350 g/mol. The molecule has 4 rings (SSSR count). The third-order valence-corrected chi connectivity index (χ3v) is 3.92. The van der Waals surface area contributed by atoms with E-state index in [1.54, 1.807) is 54.0 Å². The summed E-state index contributed by atoms with van der Waals surface area (Å²) in [5, 5.41) is 11.2. The van der Waals surface area contributed by atoms with Gasteiger partial charge in [-0.1, -0.05) is 12.1 Å². The number of aromatic nitrogens is 4. The van der Waals surface area contributed by atoms with Gasteiger partial charge in [-0.2, -0.15) is 5.10 Å². The number of hydrogen-bond acceptors (Lipinski definition) is 4. The van der Waals surface area contributed by atoms with Crippen LogP contribution in [0.1, 0.15) is 16.1 Å². The average molecular weight is 350 g/mol. The Morgan fingerprint density at radius 3 is 2.81 bits per heavy atom. The molecule has 1 amide bonds. The summed E-state index contributed by atoms with van der Waals surface area (Å²) in [5.74, 6) is -0.268. The number of hydrogen-bond donors (Lipinski definition) is 2. The fraction of sp³-hybridized carbons (Fsp3) is 0.0556. The molecule has 0 radical (unpaired) electrons. The van der Waals surface area contributed by atoms with E-state index in [0.29, 0.717) is 22.7 Å². The zero-order chi connectivity index (χ0) is 18.3. The molecule has 0 saturated carbocycles. The topological polar surface area (TPSA) is 90.2 Å². The standard InChI is InChI=1S/C18H15FN6O/c1-11-9-15(25(22-11)13-6-4-5-12(19)10-13)21-18(26)16-14-7-2-3-8-24(14)23-17(16)20/h2-10H,1H3,(H2,20,23)(H,21,26). The SMILES string of the molecule is Cc1cc(NC(=O)c2c(N)nn3ccccc23)n(-c2cccc(F)c2)n1. The lowest BCUT2D eigenvalue weighted by atomic mass is 10.2. The molecule has 3 aromatic heterocycles. The number of benzene rings is 1. The summed E-state index contributed by atoms with van der Waals surface area (Å²) in [4.78, 5) is 12.8. The highest BCUT2D eigenvalue weighted by molar-refractivity contribution is 6.12. The molecular weight excluding hydrogens is 335 g/mol. The highest BCUT2D eigenvalue weighted by atomic mass is 19.1. The van der Waals surface area contributed by atoms with Crippen molar-refractivity contribution in [2.45, 2.75) is 6.92 Å². The molecule has 0 saturated heterocycles. The summed E-state index contributed by atoms with van der Waals surface area (Å²) in [7, 11) is 0. The predicted octanol–water partition coefficient (Wildman–Crippen LogP) is 2.80. The van der Waals surface area contributed by atoms with E-state index < -0.39 is 5.91 Å². The lowest BCUT2D eigenvalue weighted by molar-refractivity contribution is 0.102. The molecule has 0 spiro atoms. The van der Waals surface area contributed by atoms with Crippen molar-refractivity contribution in [3.05, 3.63) is 71.8 Å². The lowest BCUT2D eigenvalue weighted by Gasteiger charge is -2.09. The van der Waals surface area contributed by atoms with Gasteiger partial charge >= 0.3 is 0 Å². The molecule has 3 N–H and O–H groups in total. The van der Waals surface area contributed by atoms with Crippen molar-refractivity contribution in [2.24, 2.45) is 0 Å². The summed E-state index contributed by atoms with van der Waals surface area (Å²) in [6, 6.07) is 13.0. The molecule has 0 unspecified atom stereocenters. The number of nitrogen functional groups attached to an aromatic ring is 1. The number of pyridine rings is 1. The highest BCUT2D eigenvalue weighted by Gasteiger charge is 2.20. The van der Waals surface area contributed by atoms with Crippen LogP contribution in [0.2, 0.25) is 0 Å². The summed E-state index contributed by atoms with van der Waals surface area (Å²) in [6.07, 6.45) is 1.71. The van der Waals surface area contributed by atoms with E-state index in [-0.39, 0.29) is 17.2 Å². The van der Waals surface area contributed by atoms with Crippen molar-refractivity contribution in [3.63, 3.8) is 0 Å². The summed E-state index contributed by atoms with van der Waals surface area (Å²) >= 11 is 0. The molecule has 7 nitrogen and oxygen atoms in total. The van der Waals surface area contributed by atoms with Gasteiger partial charge in [0.15, 0.2) is 5.82 Å². The first-order valence-corrected chi connectivity index (χ1v) is 7.90. The van der Waals surface area contributed by atoms with Crippen LogP contribution in [-0.4, -0.2) is 25.3 Å². The van der Waals surface area contributed by atoms with E-state index in [4.69, 9.17) is 5.73 Å². The van der Waals surface area contributed by atoms with Gasteiger partial charge in [0.25, 0.3) is 5.91 Å². The summed E-state index contributed by atoms with van der Waals surface area (Å²) in [5.41, 5.74) is 7.96. The average Bonchev–Trinajstić information content (AvgIpc) is 3.13. The van der Waals surface area contributed by atoms with Crippen LogP contribution >= 0.6 is 0 Å². The first kappa shape index (κ1) is 15.8. The van der Waals surface area contributed by atoms with Crippen molar-refractivity contribution < 1.29 is 9.18 Å². The van der Waals surface area contributed by atoms with Gasteiger partial charge in [-0.3, -0.25) is 4.79 Å². The van der Waals surface area contributed by atoms with Crippen molar-refractivity contribution in [2.75, 3.05) is 11.1 Å². The van der Waals surface area contributed by atoms with Crippen LogP contribution in [0.25, 0.3) is 11.2 Å². The van der Waals surface area contributed by atoms with Gasteiger partial charge in [0.1, 0.15) is 17.2 Å². The van der Waals surface area contributed by atoms with Crippen molar-refractivity contribution in [1.82, 2.24) is 19.4 Å². The molecule has 0 aliphatic rings. The Hall–Kier alpha value is -3.68. The van der Waals surface area contributed by atoms with Crippen LogP contribution < -0.4 is 11.1 Å². The Labute approximate surface area is 147 Å². The molecule has 4 aromatic rings. The van der Waals surface area contributed by atoms with E-state index in [1.165, 1.54) is 16.8 Å². The predicted molar refractivity (Wildman–Crippen MR) is 95.8 cm³/mol. The van der Waals surface area contributed by atoms with E-state index in [1.807, 2.05) is 0 Å². The number of rotatable bonds is 3. The van der Waals surface area contributed by atoms with Crippen LogP contribution in [-0.2, 0) is 0 Å². The number of nitrogens with two attached hydrogens (primary N) is 1. The van der Waals surface area contributed by atoms with Crippen LogP contribution in [0.3, 0.4) is 0 Å². The number of nitrogens with zero attached hydrogens (tertiary/aromatic N) is 4. The van der Waals surface area contributed by atoms with Crippen LogP contribution in [0.4, 0.5) is 16.0 Å². The maximum atomic E-state index is 13.5. The fourth-order valence-electron chi connectivity index (χ4n) is 2.82. The van der Waals surface area contributed by atoms with Gasteiger partial charge in [-0.15, -0.1) is 5.10 Å². The number of halogens is 1. The third kappa shape index (κ3) is 2.67. The fourth-order valence-corrected chi connectivity index (χ4v) is 2.82. The van der Waals surface area contributed by atoms with Gasteiger partial charge in [-0.25, -0.2) is 13.6 Å². The minimum Gasteiger partial charge on any atom is -0.382 e. The zero-order valence-electron chi connectivity index (χ0n) is 13.8. The molecule has 8 heteroatoms. The Bertz CT molecular complexity index is 1130. The molecule has 0 atom stereocenters. The van der Waals surface area contributed by atoms with Gasteiger partial charge in [0, 0.05) is 12.3 Å². The molecule has 0 aliphatic carbocycles. The molecule has 0 fully saturated rings. The number of carbonyl (C=O) groups excluding carboxylic acids is 1. The number of carbonyl (C=O) groups is 1. The Kier molecular flexibility index (Phi) is 3.65. The number of fused-ring (bicyclic) bond motifs is 1. The van der Waals surface area contributed by atoms with Crippen LogP contribution in [0.5, 0.6) is 0 Å². The number of aryl methyl sites for hydroxylation is 1. The second-order valence-corrected chi connectivity index (χ2v) is 5.81. The van der Waals surface area contributed by atoms with E-state index in [9.17, 15) is 9.18 Å². The van der Waals surface area contributed by atoms with Gasteiger partial charge < -0.3 is 11.1 Å².